The van der Waals surface area contributed by atoms with Gasteiger partial charge in [0.1, 0.15) is 5.69 Å². The Hall–Kier alpha value is -2.36. The highest BCUT2D eigenvalue weighted by molar-refractivity contribution is 6.03. The first kappa shape index (κ1) is 12.7. The summed E-state index contributed by atoms with van der Waals surface area (Å²) >= 11 is 0. The van der Waals surface area contributed by atoms with Gasteiger partial charge in [0.2, 0.25) is 0 Å². The van der Waals surface area contributed by atoms with Crippen molar-refractivity contribution in [1.29, 1.82) is 0 Å². The molecule has 2 heterocycles. The smallest absolute Gasteiger partial charge is 0.274 e. The molecule has 1 N–H and O–H groups in total. The van der Waals surface area contributed by atoms with Crippen LogP contribution in [0.2, 0.25) is 0 Å². The lowest BCUT2D eigenvalue weighted by molar-refractivity contribution is 0.102. The van der Waals surface area contributed by atoms with Crippen molar-refractivity contribution in [2.45, 2.75) is 12.8 Å². The number of nitrogens with one attached hydrogen (secondary N) is 1. The van der Waals surface area contributed by atoms with Gasteiger partial charge in [-0.1, -0.05) is 12.1 Å². The van der Waals surface area contributed by atoms with Crippen LogP contribution in [0.1, 0.15) is 22.5 Å². The molecule has 0 bridgehead atoms. The molecular weight excluding hydrogens is 250 g/mol. The van der Waals surface area contributed by atoms with E-state index >= 15 is 0 Å². The molecule has 1 aromatic heterocycles. The molecule has 0 fully saturated rings. The van der Waals surface area contributed by atoms with Crippen molar-refractivity contribution in [1.82, 2.24) is 4.98 Å². The average Bonchev–Trinajstić information content (AvgIpc) is 2.49. The van der Waals surface area contributed by atoms with Crippen molar-refractivity contribution in [3.8, 4) is 0 Å². The van der Waals surface area contributed by atoms with Gasteiger partial charge in [-0.15, -0.1) is 0 Å². The maximum Gasteiger partial charge on any atom is 0.274 e. The molecule has 4 heteroatoms. The lowest BCUT2D eigenvalue weighted by Gasteiger charge is -2.28. The lowest BCUT2D eigenvalue weighted by Crippen LogP contribution is -2.25. The van der Waals surface area contributed by atoms with E-state index in [4.69, 9.17) is 0 Å². The third-order valence-electron chi connectivity index (χ3n) is 3.59. The average molecular weight is 267 g/mol. The molecule has 0 saturated carbocycles. The second kappa shape index (κ2) is 5.33. The second-order valence-electron chi connectivity index (χ2n) is 5.04. The summed E-state index contributed by atoms with van der Waals surface area (Å²) in [4.78, 5) is 18.4. The number of hydrogen-bond donors (Lipinski definition) is 1. The summed E-state index contributed by atoms with van der Waals surface area (Å²) in [5.74, 6) is -0.177. The fourth-order valence-electron chi connectivity index (χ4n) is 2.53. The molecule has 0 spiro atoms. The number of benzene rings is 1. The number of hydrogen-bond acceptors (Lipinski definition) is 3. The predicted molar refractivity (Wildman–Crippen MR) is 80.2 cm³/mol. The Morgan fingerprint density at radius 1 is 1.30 bits per heavy atom. The standard InChI is InChI=1S/C16H17N3O/c1-19-10-4-5-12-7-8-13(11-15(12)19)18-16(20)14-6-2-3-9-17-14/h2-3,6-9,11H,4-5,10H2,1H3,(H,18,20). The normalized spacial score (nSPS) is 13.8. The monoisotopic (exact) mass is 267 g/mol. The van der Waals surface area contributed by atoms with E-state index in [0.29, 0.717) is 5.69 Å². The molecule has 1 amide bonds. The van der Waals surface area contributed by atoms with Crippen molar-refractivity contribution < 1.29 is 4.79 Å². The van der Waals surface area contributed by atoms with Gasteiger partial charge in [0.05, 0.1) is 0 Å². The zero-order valence-corrected chi connectivity index (χ0v) is 11.5. The van der Waals surface area contributed by atoms with Crippen molar-refractivity contribution in [3.63, 3.8) is 0 Å². The number of rotatable bonds is 2. The Balaban J connectivity index is 1.82. The molecule has 20 heavy (non-hydrogen) atoms. The minimum atomic E-state index is -0.177. The Bertz CT molecular complexity index is 625. The summed E-state index contributed by atoms with van der Waals surface area (Å²) in [7, 11) is 2.09. The van der Waals surface area contributed by atoms with E-state index in [1.54, 1.807) is 18.3 Å². The van der Waals surface area contributed by atoms with Gasteiger partial charge in [0.15, 0.2) is 0 Å². The fourth-order valence-corrected chi connectivity index (χ4v) is 2.53. The van der Waals surface area contributed by atoms with Crippen LogP contribution in [0.15, 0.2) is 42.6 Å². The number of carbonyl (C=O) groups is 1. The topological polar surface area (TPSA) is 45.2 Å². The van der Waals surface area contributed by atoms with Crippen LogP contribution in [0.25, 0.3) is 0 Å². The van der Waals surface area contributed by atoms with E-state index < -0.39 is 0 Å². The summed E-state index contributed by atoms with van der Waals surface area (Å²) in [6, 6.07) is 11.4. The number of nitrogens with zero attached hydrogens (tertiary/aromatic N) is 2. The van der Waals surface area contributed by atoms with Gasteiger partial charge in [-0.3, -0.25) is 9.78 Å². The van der Waals surface area contributed by atoms with Crippen molar-refractivity contribution in [3.05, 3.63) is 53.9 Å². The minimum absolute atomic E-state index is 0.177. The van der Waals surface area contributed by atoms with Crippen molar-refractivity contribution in [2.24, 2.45) is 0 Å². The zero-order valence-electron chi connectivity index (χ0n) is 11.5. The molecule has 1 aliphatic heterocycles. The van der Waals surface area contributed by atoms with Crippen molar-refractivity contribution >= 4 is 17.3 Å². The number of anilines is 2. The van der Waals surface area contributed by atoms with E-state index in [2.05, 4.69) is 28.3 Å². The molecule has 2 aromatic rings. The SMILES string of the molecule is CN1CCCc2ccc(NC(=O)c3ccccn3)cc21. The number of fused-ring (bicyclic) bond motifs is 1. The molecule has 0 unspecified atom stereocenters. The molecule has 0 aliphatic carbocycles. The zero-order chi connectivity index (χ0) is 13.9. The Morgan fingerprint density at radius 2 is 2.20 bits per heavy atom. The van der Waals surface area contributed by atoms with Gasteiger partial charge in [-0.25, -0.2) is 0 Å². The fraction of sp³-hybridized carbons (Fsp3) is 0.250. The van der Waals surface area contributed by atoms with Gasteiger partial charge in [-0.2, -0.15) is 0 Å². The van der Waals surface area contributed by atoms with E-state index in [1.165, 1.54) is 17.7 Å². The van der Waals surface area contributed by atoms with Crippen LogP contribution in [0.5, 0.6) is 0 Å². The lowest BCUT2D eigenvalue weighted by atomic mass is 10.0. The van der Waals surface area contributed by atoms with E-state index in [9.17, 15) is 4.79 Å². The van der Waals surface area contributed by atoms with Crippen LogP contribution in [0, 0.1) is 0 Å². The molecule has 0 atom stereocenters. The summed E-state index contributed by atoms with van der Waals surface area (Å²) in [6.45, 7) is 1.06. The van der Waals surface area contributed by atoms with Crippen LogP contribution in [-0.2, 0) is 6.42 Å². The molecule has 0 radical (unpaired) electrons. The second-order valence-corrected chi connectivity index (χ2v) is 5.04. The van der Waals surface area contributed by atoms with E-state index in [-0.39, 0.29) is 5.91 Å². The van der Waals surface area contributed by atoms with Crippen LogP contribution >= 0.6 is 0 Å². The Morgan fingerprint density at radius 3 is 3.00 bits per heavy atom. The predicted octanol–water partition coefficient (Wildman–Crippen LogP) is 2.72. The molecule has 4 nitrogen and oxygen atoms in total. The first-order valence-corrected chi connectivity index (χ1v) is 6.80. The maximum absolute atomic E-state index is 12.1. The Kier molecular flexibility index (Phi) is 3.37. The molecule has 0 saturated heterocycles. The number of pyridine rings is 1. The highest BCUT2D eigenvalue weighted by Gasteiger charge is 2.15. The molecule has 102 valence electrons. The number of carbonyl (C=O) groups excluding carboxylic acids is 1. The molecule has 1 aromatic carbocycles. The van der Waals surface area contributed by atoms with Gasteiger partial charge in [0, 0.05) is 31.2 Å². The van der Waals surface area contributed by atoms with Gasteiger partial charge < -0.3 is 10.2 Å². The van der Waals surface area contributed by atoms with Crippen LogP contribution in [0.4, 0.5) is 11.4 Å². The highest BCUT2D eigenvalue weighted by Crippen LogP contribution is 2.28. The van der Waals surface area contributed by atoms with Crippen LogP contribution < -0.4 is 10.2 Å². The van der Waals surface area contributed by atoms with Gasteiger partial charge in [-0.05, 0) is 42.7 Å². The highest BCUT2D eigenvalue weighted by atomic mass is 16.1. The maximum atomic E-state index is 12.1. The minimum Gasteiger partial charge on any atom is -0.374 e. The third kappa shape index (κ3) is 2.50. The summed E-state index contributed by atoms with van der Waals surface area (Å²) in [5.41, 5.74) is 3.79. The quantitative estimate of drug-likeness (QED) is 0.910. The van der Waals surface area contributed by atoms with E-state index in [0.717, 1.165) is 18.7 Å². The van der Waals surface area contributed by atoms with Crippen LogP contribution in [-0.4, -0.2) is 24.5 Å². The number of amides is 1. The molecule has 1 aliphatic rings. The first-order chi connectivity index (χ1) is 9.74. The van der Waals surface area contributed by atoms with Crippen LogP contribution in [0.3, 0.4) is 0 Å². The van der Waals surface area contributed by atoms with Crippen molar-refractivity contribution in [2.75, 3.05) is 23.8 Å². The summed E-state index contributed by atoms with van der Waals surface area (Å²) < 4.78 is 0. The number of aromatic nitrogens is 1. The largest absolute Gasteiger partial charge is 0.374 e. The third-order valence-corrected chi connectivity index (χ3v) is 3.59. The number of aryl methyl sites for hydroxylation is 1. The van der Waals surface area contributed by atoms with Gasteiger partial charge >= 0.3 is 0 Å². The van der Waals surface area contributed by atoms with E-state index in [1.807, 2.05) is 18.2 Å². The Labute approximate surface area is 118 Å². The molecular formula is C16H17N3O. The first-order valence-electron chi connectivity index (χ1n) is 6.80. The summed E-state index contributed by atoms with van der Waals surface area (Å²) in [6.07, 6.45) is 3.91. The van der Waals surface area contributed by atoms with Gasteiger partial charge in [0.25, 0.3) is 5.91 Å². The molecule has 3 rings (SSSR count). The summed E-state index contributed by atoms with van der Waals surface area (Å²) in [5, 5.41) is 2.90.